The van der Waals surface area contributed by atoms with Crippen molar-refractivity contribution in [1.82, 2.24) is 20.1 Å². The number of nitrogen functional groups attached to an aromatic ring is 1. The van der Waals surface area contributed by atoms with Crippen molar-refractivity contribution in [3.63, 3.8) is 0 Å². The maximum Gasteiger partial charge on any atom is 0.273 e. The Labute approximate surface area is 189 Å². The summed E-state index contributed by atoms with van der Waals surface area (Å²) in [5.41, 5.74) is 11.7. The van der Waals surface area contributed by atoms with Crippen LogP contribution in [0.2, 0.25) is 5.02 Å². The highest BCUT2D eigenvalue weighted by molar-refractivity contribution is 7.89. The first-order valence-electron chi connectivity index (χ1n) is 9.82. The summed E-state index contributed by atoms with van der Waals surface area (Å²) in [5.74, 6) is -1.27. The Morgan fingerprint density at radius 2 is 1.66 bits per heavy atom. The molecule has 9 nitrogen and oxygen atoms in total. The van der Waals surface area contributed by atoms with Gasteiger partial charge in [-0.25, -0.2) is 8.42 Å². The third-order valence-corrected chi connectivity index (χ3v) is 7.37. The van der Waals surface area contributed by atoms with E-state index in [0.29, 0.717) is 29.0 Å². The number of hydrogen-bond acceptors (Lipinski definition) is 6. The molecule has 2 heterocycles. The highest BCUT2D eigenvalue weighted by atomic mass is 35.5. The molecule has 1 aliphatic rings. The zero-order valence-electron chi connectivity index (χ0n) is 16.8. The summed E-state index contributed by atoms with van der Waals surface area (Å²) in [6.07, 6.45) is 2.98. The largest absolute Gasteiger partial charge is 0.397 e. The fourth-order valence-corrected chi connectivity index (χ4v) is 5.16. The molecule has 0 spiro atoms. The third-order valence-electron chi connectivity index (χ3n) is 5.23. The fourth-order valence-electron chi connectivity index (χ4n) is 3.48. The molecule has 0 radical (unpaired) electrons. The maximum absolute atomic E-state index is 12.6. The van der Waals surface area contributed by atoms with Gasteiger partial charge in [0.2, 0.25) is 10.0 Å². The molecule has 2 aromatic carbocycles. The first-order chi connectivity index (χ1) is 15.3. The van der Waals surface area contributed by atoms with Gasteiger partial charge in [0.05, 0.1) is 21.7 Å². The molecular weight excluding hydrogens is 454 g/mol. The number of carbonyl (C=O) groups is 2. The van der Waals surface area contributed by atoms with E-state index >= 15 is 0 Å². The lowest BCUT2D eigenvalue weighted by Crippen LogP contribution is -2.42. The second-order valence-electron chi connectivity index (χ2n) is 7.29. The second-order valence-corrected chi connectivity index (χ2v) is 9.67. The third kappa shape index (κ3) is 4.24. The van der Waals surface area contributed by atoms with E-state index in [4.69, 9.17) is 17.3 Å². The fraction of sp³-hybridized carbons (Fsp3) is 0.190. The summed E-state index contributed by atoms with van der Waals surface area (Å²) in [4.78, 5) is 29.2. The van der Waals surface area contributed by atoms with E-state index in [1.54, 1.807) is 18.2 Å². The summed E-state index contributed by atoms with van der Waals surface area (Å²) in [7, 11) is -3.57. The van der Waals surface area contributed by atoms with E-state index in [-0.39, 0.29) is 21.7 Å². The monoisotopic (exact) mass is 473 g/mol. The summed E-state index contributed by atoms with van der Waals surface area (Å²) < 4.78 is 26.6. The zero-order chi connectivity index (χ0) is 22.9. The summed E-state index contributed by atoms with van der Waals surface area (Å²) in [6, 6.07) is 10.5. The van der Waals surface area contributed by atoms with Gasteiger partial charge in [-0.1, -0.05) is 11.6 Å². The van der Waals surface area contributed by atoms with Gasteiger partial charge < -0.3 is 5.73 Å². The number of amides is 2. The van der Waals surface area contributed by atoms with Crippen LogP contribution in [0.5, 0.6) is 0 Å². The molecule has 11 heteroatoms. The van der Waals surface area contributed by atoms with Crippen molar-refractivity contribution in [3.8, 4) is 0 Å². The topological polar surface area (TPSA) is 134 Å². The van der Waals surface area contributed by atoms with Crippen LogP contribution in [-0.4, -0.2) is 42.6 Å². The smallest absolute Gasteiger partial charge is 0.273 e. The number of hydrazine groups is 1. The van der Waals surface area contributed by atoms with Crippen LogP contribution in [0.15, 0.2) is 53.6 Å². The van der Waals surface area contributed by atoms with Crippen molar-refractivity contribution >= 4 is 50.0 Å². The maximum atomic E-state index is 12.6. The van der Waals surface area contributed by atoms with Gasteiger partial charge in [-0.15, -0.1) is 0 Å². The molecular formula is C21H20ClN5O4S. The van der Waals surface area contributed by atoms with Gasteiger partial charge in [0.15, 0.2) is 0 Å². The van der Waals surface area contributed by atoms with Crippen molar-refractivity contribution in [2.45, 2.75) is 17.7 Å². The molecule has 4 rings (SSSR count). The lowest BCUT2D eigenvalue weighted by atomic mass is 10.1. The summed E-state index contributed by atoms with van der Waals surface area (Å²) in [5, 5.41) is 0.971. The molecule has 3 aromatic rings. The number of benzene rings is 2. The molecule has 0 saturated carbocycles. The molecule has 1 aliphatic heterocycles. The SMILES string of the molecule is Nc1c(C(=O)NNC(=O)c2ccc(S(=O)(=O)N3CCCC3)cc2)cnc2ccc(Cl)cc12. The number of nitrogens with zero attached hydrogens (tertiary/aromatic N) is 2. The van der Waals surface area contributed by atoms with Gasteiger partial charge in [0.25, 0.3) is 11.8 Å². The highest BCUT2D eigenvalue weighted by Crippen LogP contribution is 2.26. The highest BCUT2D eigenvalue weighted by Gasteiger charge is 2.27. The number of sulfonamides is 1. The van der Waals surface area contributed by atoms with Crippen molar-refractivity contribution in [2.75, 3.05) is 18.8 Å². The van der Waals surface area contributed by atoms with Gasteiger partial charge in [-0.3, -0.25) is 25.4 Å². The summed E-state index contributed by atoms with van der Waals surface area (Å²) in [6.45, 7) is 0.991. The Morgan fingerprint density at radius 1 is 1.00 bits per heavy atom. The number of pyridine rings is 1. The molecule has 2 amide bonds. The van der Waals surface area contributed by atoms with Crippen LogP contribution in [0, 0.1) is 0 Å². The number of aromatic nitrogens is 1. The number of nitrogens with one attached hydrogen (secondary N) is 2. The second kappa shape index (κ2) is 8.73. The number of nitrogens with two attached hydrogens (primary N) is 1. The number of halogens is 1. The number of hydrogen-bond donors (Lipinski definition) is 3. The normalized spacial score (nSPS) is 14.4. The van der Waals surface area contributed by atoms with Crippen molar-refractivity contribution in [3.05, 3.63) is 64.8 Å². The molecule has 32 heavy (non-hydrogen) atoms. The predicted octanol–water partition coefficient (Wildman–Crippen LogP) is 2.33. The van der Waals surface area contributed by atoms with Crippen LogP contribution in [0.3, 0.4) is 0 Å². The van der Waals surface area contributed by atoms with Crippen LogP contribution in [0.1, 0.15) is 33.6 Å². The van der Waals surface area contributed by atoms with Crippen LogP contribution >= 0.6 is 11.6 Å². The quantitative estimate of drug-likeness (QED) is 0.498. The van der Waals surface area contributed by atoms with Crippen molar-refractivity contribution in [1.29, 1.82) is 0 Å². The minimum absolute atomic E-state index is 0.0760. The molecule has 0 atom stereocenters. The Kier molecular flexibility index (Phi) is 6.00. The molecule has 4 N–H and O–H groups in total. The first-order valence-corrected chi connectivity index (χ1v) is 11.6. The number of anilines is 1. The van der Waals surface area contributed by atoms with Gasteiger partial charge in [0, 0.05) is 35.3 Å². The lowest BCUT2D eigenvalue weighted by Gasteiger charge is -2.15. The van der Waals surface area contributed by atoms with Crippen molar-refractivity contribution in [2.24, 2.45) is 0 Å². The van der Waals surface area contributed by atoms with Gasteiger partial charge in [0.1, 0.15) is 0 Å². The van der Waals surface area contributed by atoms with E-state index in [2.05, 4.69) is 15.8 Å². The predicted molar refractivity (Wildman–Crippen MR) is 121 cm³/mol. The summed E-state index contributed by atoms with van der Waals surface area (Å²) >= 11 is 5.99. The van der Waals surface area contributed by atoms with Gasteiger partial charge in [-0.2, -0.15) is 4.31 Å². The Balaban J connectivity index is 1.44. The molecule has 166 valence electrons. The Hall–Kier alpha value is -3.21. The Morgan fingerprint density at radius 3 is 2.34 bits per heavy atom. The first kappa shape index (κ1) is 22.0. The molecule has 0 unspecified atom stereocenters. The number of fused-ring (bicyclic) bond motifs is 1. The minimum Gasteiger partial charge on any atom is -0.397 e. The van der Waals surface area contributed by atoms with Gasteiger partial charge >= 0.3 is 0 Å². The average molecular weight is 474 g/mol. The van der Waals surface area contributed by atoms with E-state index in [1.807, 2.05) is 0 Å². The average Bonchev–Trinajstić information content (AvgIpc) is 3.34. The zero-order valence-corrected chi connectivity index (χ0v) is 18.4. The molecule has 1 saturated heterocycles. The molecule has 0 bridgehead atoms. The van der Waals surface area contributed by atoms with E-state index < -0.39 is 21.8 Å². The standard InChI is InChI=1S/C21H20ClN5O4S/c22-14-5-8-18-16(11-14)19(23)17(12-24-18)21(29)26-25-20(28)13-3-6-15(7-4-13)32(30,31)27-9-1-2-10-27/h3-8,11-12H,1-2,9-10H2,(H2,23,24)(H,25,28)(H,26,29). The number of rotatable bonds is 4. The molecule has 0 aliphatic carbocycles. The van der Waals surface area contributed by atoms with Gasteiger partial charge in [-0.05, 0) is 55.3 Å². The van der Waals surface area contributed by atoms with E-state index in [9.17, 15) is 18.0 Å². The number of carbonyl (C=O) groups excluding carboxylic acids is 2. The molecule has 1 aromatic heterocycles. The van der Waals surface area contributed by atoms with Crippen molar-refractivity contribution < 1.29 is 18.0 Å². The molecule has 1 fully saturated rings. The van der Waals surface area contributed by atoms with Crippen LogP contribution in [0.4, 0.5) is 5.69 Å². The van der Waals surface area contributed by atoms with Crippen LogP contribution in [-0.2, 0) is 10.0 Å². The minimum atomic E-state index is -3.57. The lowest BCUT2D eigenvalue weighted by molar-refractivity contribution is 0.0847. The van der Waals surface area contributed by atoms with E-state index in [1.165, 1.54) is 34.8 Å². The Bertz CT molecular complexity index is 1310. The van der Waals surface area contributed by atoms with Crippen LogP contribution in [0.25, 0.3) is 10.9 Å². The van der Waals surface area contributed by atoms with Crippen LogP contribution < -0.4 is 16.6 Å². The van der Waals surface area contributed by atoms with E-state index in [0.717, 1.165) is 12.8 Å².